The van der Waals surface area contributed by atoms with Gasteiger partial charge in [0.2, 0.25) is 5.96 Å². The minimum atomic E-state index is -0.0509. The van der Waals surface area contributed by atoms with Gasteiger partial charge in [-0.3, -0.25) is 0 Å². The van der Waals surface area contributed by atoms with Crippen molar-refractivity contribution in [2.24, 2.45) is 21.7 Å². The maximum atomic E-state index is 5.22. The Bertz CT molecular complexity index is 629. The number of nitrogens with zero attached hydrogens (tertiary/aromatic N) is 2. The van der Waals surface area contributed by atoms with Crippen molar-refractivity contribution in [1.82, 2.24) is 0 Å². The summed E-state index contributed by atoms with van der Waals surface area (Å²) in [5.74, 6) is -0.0509. The number of hydrogen-bond acceptors (Lipinski definition) is 3. The number of thioether (sulfide) groups is 1. The summed E-state index contributed by atoms with van der Waals surface area (Å²) in [5, 5.41) is 7.40. The van der Waals surface area contributed by atoms with E-state index in [1.165, 1.54) is 10.5 Å². The first-order valence-corrected chi connectivity index (χ1v) is 7.28. The first-order valence-electron chi connectivity index (χ1n) is 6.05. The van der Waals surface area contributed by atoms with Crippen molar-refractivity contribution in [3.63, 3.8) is 0 Å². The average Bonchev–Trinajstić information content (AvgIpc) is 2.47. The molecule has 0 saturated carbocycles. The predicted octanol–water partition coefficient (Wildman–Crippen LogP) is 2.68. The molecule has 0 radical (unpaired) electrons. The normalized spacial score (nSPS) is 10.7. The van der Waals surface area contributed by atoms with Gasteiger partial charge in [-0.2, -0.15) is 5.10 Å². The van der Waals surface area contributed by atoms with Crippen LogP contribution in [0.5, 0.6) is 0 Å². The summed E-state index contributed by atoms with van der Waals surface area (Å²) >= 11 is 1.73. The molecule has 0 aliphatic heterocycles. The Labute approximate surface area is 122 Å². The molecule has 5 heteroatoms. The zero-order valence-corrected chi connectivity index (χ0v) is 12.0. The lowest BCUT2D eigenvalue weighted by molar-refractivity contribution is 1.21. The second-order valence-electron chi connectivity index (χ2n) is 4.12. The molecule has 0 aliphatic carbocycles. The third-order valence-corrected chi connectivity index (χ3v) is 3.43. The molecule has 0 atom stereocenters. The van der Waals surface area contributed by atoms with Gasteiger partial charge in [-0.15, -0.1) is 16.9 Å². The SMILES string of the molecule is CSc1ccc(-c2cccc(C=NN=C(N)N)c2)cc1. The number of guanidine groups is 1. The molecule has 0 bridgehead atoms. The van der Waals surface area contributed by atoms with Crippen molar-refractivity contribution in [2.75, 3.05) is 6.26 Å². The van der Waals surface area contributed by atoms with Gasteiger partial charge in [0.1, 0.15) is 0 Å². The second-order valence-corrected chi connectivity index (χ2v) is 5.00. The molecule has 0 saturated heterocycles. The van der Waals surface area contributed by atoms with E-state index in [1.54, 1.807) is 18.0 Å². The molecule has 0 amide bonds. The van der Waals surface area contributed by atoms with Crippen LogP contribution in [0.1, 0.15) is 5.56 Å². The lowest BCUT2D eigenvalue weighted by atomic mass is 10.0. The Kier molecular flexibility index (Phi) is 4.79. The van der Waals surface area contributed by atoms with Crippen molar-refractivity contribution in [1.29, 1.82) is 0 Å². The summed E-state index contributed by atoms with van der Waals surface area (Å²) in [4.78, 5) is 1.25. The van der Waals surface area contributed by atoms with Gasteiger partial charge in [-0.05, 0) is 41.1 Å². The van der Waals surface area contributed by atoms with Crippen LogP contribution in [0.15, 0.2) is 63.6 Å². The molecule has 4 N–H and O–H groups in total. The number of rotatable bonds is 4. The topological polar surface area (TPSA) is 76.8 Å². The molecular weight excluding hydrogens is 268 g/mol. The van der Waals surface area contributed by atoms with Crippen LogP contribution in [0.4, 0.5) is 0 Å². The molecule has 0 heterocycles. The van der Waals surface area contributed by atoms with Crippen molar-refractivity contribution < 1.29 is 0 Å². The monoisotopic (exact) mass is 284 g/mol. The van der Waals surface area contributed by atoms with E-state index in [0.29, 0.717) is 0 Å². The Morgan fingerprint density at radius 3 is 2.45 bits per heavy atom. The molecule has 2 aromatic rings. The van der Waals surface area contributed by atoms with E-state index in [2.05, 4.69) is 46.8 Å². The maximum absolute atomic E-state index is 5.22. The summed E-state index contributed by atoms with van der Waals surface area (Å²) in [7, 11) is 0. The number of nitrogens with two attached hydrogens (primary N) is 2. The fourth-order valence-electron chi connectivity index (χ4n) is 1.74. The van der Waals surface area contributed by atoms with Gasteiger partial charge in [-0.25, -0.2) is 0 Å². The first kappa shape index (κ1) is 14.1. The minimum absolute atomic E-state index is 0.0509. The molecule has 0 fully saturated rings. The van der Waals surface area contributed by atoms with Crippen LogP contribution in [-0.4, -0.2) is 18.4 Å². The quantitative estimate of drug-likeness (QED) is 0.392. The molecule has 2 aromatic carbocycles. The third kappa shape index (κ3) is 3.86. The summed E-state index contributed by atoms with van der Waals surface area (Å²) in [6.07, 6.45) is 3.69. The largest absolute Gasteiger partial charge is 0.369 e. The molecule has 102 valence electrons. The van der Waals surface area contributed by atoms with E-state index < -0.39 is 0 Å². The number of benzene rings is 2. The van der Waals surface area contributed by atoms with Gasteiger partial charge >= 0.3 is 0 Å². The van der Waals surface area contributed by atoms with Gasteiger partial charge in [0.25, 0.3) is 0 Å². The second kappa shape index (κ2) is 6.77. The molecule has 0 aromatic heterocycles. The molecule has 4 nitrogen and oxygen atoms in total. The maximum Gasteiger partial charge on any atom is 0.211 e. The van der Waals surface area contributed by atoms with Crippen LogP contribution in [0.2, 0.25) is 0 Å². The van der Waals surface area contributed by atoms with Crippen molar-refractivity contribution >= 4 is 23.9 Å². The molecule has 20 heavy (non-hydrogen) atoms. The van der Waals surface area contributed by atoms with E-state index in [-0.39, 0.29) is 5.96 Å². The molecular formula is C15H16N4S. The highest BCUT2D eigenvalue weighted by atomic mass is 32.2. The molecule has 0 unspecified atom stereocenters. The average molecular weight is 284 g/mol. The molecule has 2 rings (SSSR count). The third-order valence-electron chi connectivity index (χ3n) is 2.69. The van der Waals surface area contributed by atoms with E-state index >= 15 is 0 Å². The summed E-state index contributed by atoms with van der Waals surface area (Å²) < 4.78 is 0. The van der Waals surface area contributed by atoms with Crippen LogP contribution in [0.3, 0.4) is 0 Å². The van der Waals surface area contributed by atoms with Gasteiger partial charge in [-0.1, -0.05) is 30.3 Å². The fourth-order valence-corrected chi connectivity index (χ4v) is 2.15. The zero-order chi connectivity index (χ0) is 14.4. The standard InChI is InChI=1S/C15H16N4S/c1-20-14-7-5-12(6-8-14)13-4-2-3-11(9-13)10-18-19-15(16)17/h2-10H,1H3,(H4,16,17,19). The number of hydrogen-bond donors (Lipinski definition) is 2. The lowest BCUT2D eigenvalue weighted by Crippen LogP contribution is -2.21. The van der Waals surface area contributed by atoms with Gasteiger partial charge < -0.3 is 11.5 Å². The Hall–Kier alpha value is -2.27. The highest BCUT2D eigenvalue weighted by Gasteiger charge is 1.98. The Morgan fingerprint density at radius 1 is 1.05 bits per heavy atom. The summed E-state index contributed by atoms with van der Waals surface area (Å²) in [6.45, 7) is 0. The lowest BCUT2D eigenvalue weighted by Gasteiger charge is -2.04. The first-order chi connectivity index (χ1) is 9.69. The van der Waals surface area contributed by atoms with Crippen LogP contribution in [-0.2, 0) is 0 Å². The summed E-state index contributed by atoms with van der Waals surface area (Å²) in [5.41, 5.74) is 13.7. The highest BCUT2D eigenvalue weighted by molar-refractivity contribution is 7.98. The van der Waals surface area contributed by atoms with E-state index in [1.807, 2.05) is 18.2 Å². The van der Waals surface area contributed by atoms with Gasteiger partial charge in [0.15, 0.2) is 0 Å². The smallest absolute Gasteiger partial charge is 0.211 e. The van der Waals surface area contributed by atoms with Crippen LogP contribution in [0, 0.1) is 0 Å². The van der Waals surface area contributed by atoms with Gasteiger partial charge in [0.05, 0.1) is 6.21 Å². The van der Waals surface area contributed by atoms with Crippen LogP contribution < -0.4 is 11.5 Å². The molecule has 0 spiro atoms. The van der Waals surface area contributed by atoms with E-state index in [4.69, 9.17) is 11.5 Å². The molecule has 0 aliphatic rings. The van der Waals surface area contributed by atoms with Crippen LogP contribution in [0.25, 0.3) is 11.1 Å². The Balaban J connectivity index is 2.24. The van der Waals surface area contributed by atoms with Crippen LogP contribution >= 0.6 is 11.8 Å². The summed E-state index contributed by atoms with van der Waals surface area (Å²) in [6, 6.07) is 16.5. The highest BCUT2D eigenvalue weighted by Crippen LogP contribution is 2.23. The zero-order valence-electron chi connectivity index (χ0n) is 11.2. The van der Waals surface area contributed by atoms with E-state index in [9.17, 15) is 0 Å². The van der Waals surface area contributed by atoms with Gasteiger partial charge in [0, 0.05) is 4.90 Å². The Morgan fingerprint density at radius 2 is 1.80 bits per heavy atom. The van der Waals surface area contributed by atoms with E-state index in [0.717, 1.165) is 11.1 Å². The minimum Gasteiger partial charge on any atom is -0.369 e. The predicted molar refractivity (Wildman–Crippen MR) is 87.1 cm³/mol. The van der Waals surface area contributed by atoms with Crippen molar-refractivity contribution in [3.05, 3.63) is 54.1 Å². The van der Waals surface area contributed by atoms with Crippen molar-refractivity contribution in [3.8, 4) is 11.1 Å². The van der Waals surface area contributed by atoms with Crippen molar-refractivity contribution in [2.45, 2.75) is 4.90 Å². The fraction of sp³-hybridized carbons (Fsp3) is 0.0667.